The molecule has 0 amide bonds. The summed E-state index contributed by atoms with van der Waals surface area (Å²) >= 11 is 1.59. The molecule has 1 aromatic carbocycles. The lowest BCUT2D eigenvalue weighted by Crippen LogP contribution is -2.21. The Morgan fingerprint density at radius 2 is 2.10 bits per heavy atom. The normalized spacial score (nSPS) is 12.6. The number of hydrogen-bond acceptors (Lipinski definition) is 4. The van der Waals surface area contributed by atoms with E-state index in [-0.39, 0.29) is 0 Å². The van der Waals surface area contributed by atoms with E-state index in [1.165, 1.54) is 10.5 Å². The minimum absolute atomic E-state index is 0.384. The van der Waals surface area contributed by atoms with Crippen LogP contribution >= 0.6 is 11.8 Å². The summed E-state index contributed by atoms with van der Waals surface area (Å²) in [5, 5.41) is 4.31. The standard InChI is InChI=1S/C16H22N2OS/c1-4-10-17-14(5-2)13-8-6-7-9-15(13)20-16-18-12(3)11-19-16/h6-9,11,14,17H,4-5,10H2,1-3H3. The van der Waals surface area contributed by atoms with Gasteiger partial charge in [-0.05, 0) is 49.7 Å². The first-order valence-electron chi connectivity index (χ1n) is 7.16. The molecular formula is C16H22N2OS. The Kier molecular flexibility index (Phi) is 5.68. The van der Waals surface area contributed by atoms with Gasteiger partial charge in [0, 0.05) is 10.9 Å². The molecule has 2 aromatic rings. The first-order valence-corrected chi connectivity index (χ1v) is 7.98. The van der Waals surface area contributed by atoms with Crippen molar-refractivity contribution in [1.82, 2.24) is 10.3 Å². The van der Waals surface area contributed by atoms with Crippen LogP contribution in [0.25, 0.3) is 0 Å². The van der Waals surface area contributed by atoms with Gasteiger partial charge in [-0.25, -0.2) is 4.98 Å². The first kappa shape index (κ1) is 15.1. The fourth-order valence-corrected chi connectivity index (χ4v) is 3.08. The van der Waals surface area contributed by atoms with Crippen LogP contribution in [0, 0.1) is 6.92 Å². The summed E-state index contributed by atoms with van der Waals surface area (Å²) in [5.41, 5.74) is 2.24. The molecule has 1 heterocycles. The summed E-state index contributed by atoms with van der Waals surface area (Å²) in [6.07, 6.45) is 3.91. The average molecular weight is 290 g/mol. The van der Waals surface area contributed by atoms with Gasteiger partial charge in [-0.1, -0.05) is 32.0 Å². The van der Waals surface area contributed by atoms with Crippen molar-refractivity contribution in [2.45, 2.75) is 49.8 Å². The molecule has 4 heteroatoms. The summed E-state index contributed by atoms with van der Waals surface area (Å²) in [4.78, 5) is 5.58. The Labute approximate surface area is 125 Å². The Hall–Kier alpha value is -1.26. The molecule has 0 spiro atoms. The van der Waals surface area contributed by atoms with Crippen LogP contribution in [0.5, 0.6) is 0 Å². The highest BCUT2D eigenvalue weighted by atomic mass is 32.2. The summed E-state index contributed by atoms with van der Waals surface area (Å²) < 4.78 is 5.45. The lowest BCUT2D eigenvalue weighted by atomic mass is 10.0. The van der Waals surface area contributed by atoms with Crippen LogP contribution < -0.4 is 5.32 Å². The molecule has 0 fully saturated rings. The number of rotatable bonds is 7. The van der Waals surface area contributed by atoms with Gasteiger partial charge in [-0.2, -0.15) is 0 Å². The van der Waals surface area contributed by atoms with Gasteiger partial charge in [0.1, 0.15) is 6.26 Å². The summed E-state index contributed by atoms with van der Waals surface area (Å²) in [7, 11) is 0. The molecule has 20 heavy (non-hydrogen) atoms. The number of nitrogens with zero attached hydrogens (tertiary/aromatic N) is 1. The third-order valence-electron chi connectivity index (χ3n) is 3.14. The zero-order valence-corrected chi connectivity index (χ0v) is 13.2. The zero-order chi connectivity index (χ0) is 14.4. The lowest BCUT2D eigenvalue weighted by molar-refractivity contribution is 0.453. The molecule has 1 aromatic heterocycles. The molecular weight excluding hydrogens is 268 g/mol. The predicted octanol–water partition coefficient (Wildman–Crippen LogP) is 4.58. The third-order valence-corrected chi connectivity index (χ3v) is 4.09. The fourth-order valence-electron chi connectivity index (χ4n) is 2.13. The minimum Gasteiger partial charge on any atom is -0.439 e. The minimum atomic E-state index is 0.384. The molecule has 1 atom stereocenters. The molecule has 3 nitrogen and oxygen atoms in total. The van der Waals surface area contributed by atoms with Crippen LogP contribution in [0.2, 0.25) is 0 Å². The lowest BCUT2D eigenvalue weighted by Gasteiger charge is -2.19. The summed E-state index contributed by atoms with van der Waals surface area (Å²) in [6.45, 7) is 7.38. The van der Waals surface area contributed by atoms with E-state index in [0.29, 0.717) is 11.3 Å². The van der Waals surface area contributed by atoms with E-state index in [2.05, 4.69) is 48.4 Å². The Balaban J connectivity index is 2.20. The van der Waals surface area contributed by atoms with Crippen molar-refractivity contribution in [3.8, 4) is 0 Å². The van der Waals surface area contributed by atoms with Crippen molar-refractivity contribution in [1.29, 1.82) is 0 Å². The highest BCUT2D eigenvalue weighted by molar-refractivity contribution is 7.99. The molecule has 0 radical (unpaired) electrons. The van der Waals surface area contributed by atoms with E-state index in [4.69, 9.17) is 4.42 Å². The maximum atomic E-state index is 5.45. The van der Waals surface area contributed by atoms with Crippen molar-refractivity contribution >= 4 is 11.8 Å². The molecule has 1 N–H and O–H groups in total. The van der Waals surface area contributed by atoms with Crippen molar-refractivity contribution in [2.24, 2.45) is 0 Å². The monoisotopic (exact) mass is 290 g/mol. The molecule has 1 unspecified atom stereocenters. The topological polar surface area (TPSA) is 38.1 Å². The summed E-state index contributed by atoms with van der Waals surface area (Å²) in [5.74, 6) is 0. The van der Waals surface area contributed by atoms with Gasteiger partial charge in [-0.15, -0.1) is 0 Å². The fraction of sp³-hybridized carbons (Fsp3) is 0.438. The van der Waals surface area contributed by atoms with Crippen LogP contribution in [0.4, 0.5) is 0 Å². The molecule has 0 bridgehead atoms. The van der Waals surface area contributed by atoms with Crippen molar-refractivity contribution in [2.75, 3.05) is 6.54 Å². The van der Waals surface area contributed by atoms with Gasteiger partial charge in [0.25, 0.3) is 5.22 Å². The van der Waals surface area contributed by atoms with Gasteiger partial charge in [-0.3, -0.25) is 0 Å². The number of benzene rings is 1. The predicted molar refractivity (Wildman–Crippen MR) is 83.1 cm³/mol. The van der Waals surface area contributed by atoms with Crippen LogP contribution in [-0.2, 0) is 0 Å². The number of aromatic nitrogens is 1. The molecule has 0 aliphatic heterocycles. The number of hydrogen-bond donors (Lipinski definition) is 1. The highest BCUT2D eigenvalue weighted by Gasteiger charge is 2.14. The second-order valence-electron chi connectivity index (χ2n) is 4.81. The first-order chi connectivity index (χ1) is 9.74. The smallest absolute Gasteiger partial charge is 0.260 e. The zero-order valence-electron chi connectivity index (χ0n) is 12.3. The van der Waals surface area contributed by atoms with Crippen LogP contribution in [-0.4, -0.2) is 11.5 Å². The largest absolute Gasteiger partial charge is 0.439 e. The number of nitrogens with one attached hydrogen (secondary N) is 1. The molecule has 108 valence electrons. The highest BCUT2D eigenvalue weighted by Crippen LogP contribution is 2.33. The van der Waals surface area contributed by atoms with Crippen LogP contribution in [0.15, 0.2) is 45.1 Å². The second-order valence-corrected chi connectivity index (χ2v) is 5.80. The number of oxazole rings is 1. The van der Waals surface area contributed by atoms with Gasteiger partial charge < -0.3 is 9.73 Å². The van der Waals surface area contributed by atoms with Crippen molar-refractivity contribution in [3.63, 3.8) is 0 Å². The van der Waals surface area contributed by atoms with E-state index in [0.717, 1.165) is 25.1 Å². The quantitative estimate of drug-likeness (QED) is 0.809. The molecule has 0 aliphatic carbocycles. The maximum Gasteiger partial charge on any atom is 0.260 e. The molecule has 0 aliphatic rings. The summed E-state index contributed by atoms with van der Waals surface area (Å²) in [6, 6.07) is 8.87. The van der Waals surface area contributed by atoms with E-state index in [1.54, 1.807) is 18.0 Å². The van der Waals surface area contributed by atoms with Crippen LogP contribution in [0.1, 0.15) is 44.0 Å². The van der Waals surface area contributed by atoms with E-state index in [1.807, 2.05) is 6.92 Å². The Morgan fingerprint density at radius 3 is 2.75 bits per heavy atom. The second kappa shape index (κ2) is 7.50. The molecule has 2 rings (SSSR count). The van der Waals surface area contributed by atoms with Crippen molar-refractivity contribution < 1.29 is 4.42 Å². The third kappa shape index (κ3) is 3.87. The van der Waals surface area contributed by atoms with Crippen LogP contribution in [0.3, 0.4) is 0 Å². The SMILES string of the molecule is CCCNC(CC)c1ccccc1Sc1nc(C)co1. The Morgan fingerprint density at radius 1 is 1.30 bits per heavy atom. The Bertz CT molecular complexity index is 539. The molecule has 0 saturated carbocycles. The van der Waals surface area contributed by atoms with Gasteiger partial charge in [0.2, 0.25) is 0 Å². The average Bonchev–Trinajstić information content (AvgIpc) is 2.86. The van der Waals surface area contributed by atoms with Gasteiger partial charge >= 0.3 is 0 Å². The van der Waals surface area contributed by atoms with E-state index >= 15 is 0 Å². The molecule has 0 saturated heterocycles. The van der Waals surface area contributed by atoms with Gasteiger partial charge in [0.15, 0.2) is 0 Å². The van der Waals surface area contributed by atoms with Gasteiger partial charge in [0.05, 0.1) is 5.69 Å². The maximum absolute atomic E-state index is 5.45. The number of aryl methyl sites for hydroxylation is 1. The van der Waals surface area contributed by atoms with Crippen molar-refractivity contribution in [3.05, 3.63) is 41.8 Å². The van der Waals surface area contributed by atoms with E-state index in [9.17, 15) is 0 Å². The van der Waals surface area contributed by atoms with E-state index < -0.39 is 0 Å².